The Balaban J connectivity index is 1.95. The van der Waals surface area contributed by atoms with Crippen LogP contribution in [0.2, 0.25) is 0 Å². The highest BCUT2D eigenvalue weighted by atomic mass is 19.1. The van der Waals surface area contributed by atoms with Crippen molar-refractivity contribution >= 4 is 0 Å². The van der Waals surface area contributed by atoms with E-state index >= 15 is 0 Å². The van der Waals surface area contributed by atoms with Crippen molar-refractivity contribution in [3.63, 3.8) is 0 Å². The SMILES string of the molecule is COC1C(N)CC1Oc1ccc(F)cc1. The number of ether oxygens (including phenoxy) is 2. The highest BCUT2D eigenvalue weighted by Gasteiger charge is 2.40. The Labute approximate surface area is 88.0 Å². The molecule has 0 radical (unpaired) electrons. The second kappa shape index (κ2) is 4.16. The zero-order valence-electron chi connectivity index (χ0n) is 8.52. The Morgan fingerprint density at radius 1 is 1.33 bits per heavy atom. The predicted octanol–water partition coefficient (Wildman–Crippen LogP) is 1.32. The van der Waals surface area contributed by atoms with Gasteiger partial charge in [-0.15, -0.1) is 0 Å². The summed E-state index contributed by atoms with van der Waals surface area (Å²) in [7, 11) is 1.62. The first-order valence-electron chi connectivity index (χ1n) is 4.91. The first-order chi connectivity index (χ1) is 7.20. The minimum Gasteiger partial charge on any atom is -0.488 e. The number of hydrogen-bond donors (Lipinski definition) is 1. The molecule has 0 spiro atoms. The van der Waals surface area contributed by atoms with Crippen molar-refractivity contribution in [1.82, 2.24) is 0 Å². The molecule has 1 fully saturated rings. The van der Waals surface area contributed by atoms with Crippen molar-refractivity contribution in [1.29, 1.82) is 0 Å². The van der Waals surface area contributed by atoms with E-state index in [0.717, 1.165) is 6.42 Å². The summed E-state index contributed by atoms with van der Waals surface area (Å²) in [5.74, 6) is 0.381. The van der Waals surface area contributed by atoms with Crippen LogP contribution in [0.4, 0.5) is 4.39 Å². The summed E-state index contributed by atoms with van der Waals surface area (Å²) in [6.07, 6.45) is 0.695. The molecule has 3 unspecified atom stereocenters. The van der Waals surface area contributed by atoms with Gasteiger partial charge in [-0.2, -0.15) is 0 Å². The number of hydrogen-bond acceptors (Lipinski definition) is 3. The molecule has 1 saturated carbocycles. The molecule has 0 saturated heterocycles. The van der Waals surface area contributed by atoms with Crippen molar-refractivity contribution in [2.45, 2.75) is 24.7 Å². The molecule has 3 nitrogen and oxygen atoms in total. The number of halogens is 1. The Morgan fingerprint density at radius 3 is 2.53 bits per heavy atom. The van der Waals surface area contributed by atoms with Crippen molar-refractivity contribution in [2.75, 3.05) is 7.11 Å². The van der Waals surface area contributed by atoms with Gasteiger partial charge in [0.1, 0.15) is 23.8 Å². The van der Waals surface area contributed by atoms with E-state index in [9.17, 15) is 4.39 Å². The van der Waals surface area contributed by atoms with Crippen molar-refractivity contribution in [3.8, 4) is 5.75 Å². The lowest BCUT2D eigenvalue weighted by Gasteiger charge is -2.40. The highest BCUT2D eigenvalue weighted by molar-refractivity contribution is 5.23. The monoisotopic (exact) mass is 211 g/mol. The van der Waals surface area contributed by atoms with Crippen LogP contribution < -0.4 is 10.5 Å². The number of benzene rings is 1. The Morgan fingerprint density at radius 2 is 2.00 bits per heavy atom. The third-order valence-electron chi connectivity index (χ3n) is 2.67. The second-order valence-corrected chi connectivity index (χ2v) is 3.71. The van der Waals surface area contributed by atoms with Crippen LogP contribution in [0.25, 0.3) is 0 Å². The van der Waals surface area contributed by atoms with Crippen LogP contribution >= 0.6 is 0 Å². The van der Waals surface area contributed by atoms with Gasteiger partial charge in [-0.3, -0.25) is 0 Å². The maximum absolute atomic E-state index is 12.6. The zero-order chi connectivity index (χ0) is 10.8. The lowest BCUT2D eigenvalue weighted by Crippen LogP contribution is -2.59. The molecule has 1 aromatic rings. The van der Waals surface area contributed by atoms with E-state index in [4.69, 9.17) is 15.2 Å². The van der Waals surface area contributed by atoms with E-state index in [-0.39, 0.29) is 24.1 Å². The predicted molar refractivity (Wildman–Crippen MR) is 54.2 cm³/mol. The molecule has 82 valence electrons. The molecule has 1 aliphatic carbocycles. The average Bonchev–Trinajstić information content (AvgIpc) is 2.21. The number of rotatable bonds is 3. The van der Waals surface area contributed by atoms with Gasteiger partial charge in [0.05, 0.1) is 0 Å². The summed E-state index contributed by atoms with van der Waals surface area (Å²) < 4.78 is 23.4. The van der Waals surface area contributed by atoms with Crippen molar-refractivity contribution in [3.05, 3.63) is 30.1 Å². The van der Waals surface area contributed by atoms with Crippen LogP contribution in [0, 0.1) is 5.82 Å². The molecule has 2 N–H and O–H groups in total. The normalized spacial score (nSPS) is 29.7. The van der Waals surface area contributed by atoms with E-state index in [1.807, 2.05) is 0 Å². The molecule has 0 heterocycles. The maximum atomic E-state index is 12.6. The van der Waals surface area contributed by atoms with E-state index < -0.39 is 0 Å². The van der Waals surface area contributed by atoms with Gasteiger partial charge >= 0.3 is 0 Å². The first kappa shape index (κ1) is 10.4. The fraction of sp³-hybridized carbons (Fsp3) is 0.455. The van der Waals surface area contributed by atoms with Gasteiger partial charge in [0.2, 0.25) is 0 Å². The summed E-state index contributed by atoms with van der Waals surface area (Å²) in [6, 6.07) is 5.99. The summed E-state index contributed by atoms with van der Waals surface area (Å²) in [5.41, 5.74) is 5.74. The third-order valence-corrected chi connectivity index (χ3v) is 2.67. The molecule has 1 aliphatic rings. The quantitative estimate of drug-likeness (QED) is 0.820. The minimum absolute atomic E-state index is 0.0181. The maximum Gasteiger partial charge on any atom is 0.128 e. The van der Waals surface area contributed by atoms with Crippen LogP contribution in [0.3, 0.4) is 0 Å². The van der Waals surface area contributed by atoms with Crippen molar-refractivity contribution in [2.24, 2.45) is 5.73 Å². The summed E-state index contributed by atoms with van der Waals surface area (Å²) in [5, 5.41) is 0. The van der Waals surface area contributed by atoms with E-state index in [1.54, 1.807) is 19.2 Å². The Bertz CT molecular complexity index is 328. The Hall–Kier alpha value is -1.13. The van der Waals surface area contributed by atoms with Crippen LogP contribution in [0.1, 0.15) is 6.42 Å². The smallest absolute Gasteiger partial charge is 0.128 e. The lowest BCUT2D eigenvalue weighted by molar-refractivity contribution is -0.0782. The van der Waals surface area contributed by atoms with Gasteiger partial charge in [0.25, 0.3) is 0 Å². The van der Waals surface area contributed by atoms with Gasteiger partial charge in [-0.1, -0.05) is 0 Å². The molecule has 0 amide bonds. The van der Waals surface area contributed by atoms with Crippen LogP contribution in [-0.4, -0.2) is 25.4 Å². The zero-order valence-corrected chi connectivity index (χ0v) is 8.52. The molecule has 0 bridgehead atoms. The molecule has 4 heteroatoms. The molecule has 15 heavy (non-hydrogen) atoms. The fourth-order valence-electron chi connectivity index (χ4n) is 1.75. The molecule has 0 aliphatic heterocycles. The summed E-state index contributed by atoms with van der Waals surface area (Å²) in [6.45, 7) is 0. The number of methoxy groups -OCH3 is 1. The van der Waals surface area contributed by atoms with Crippen LogP contribution in [-0.2, 0) is 4.74 Å². The van der Waals surface area contributed by atoms with Crippen LogP contribution in [0.5, 0.6) is 5.75 Å². The molecule has 3 atom stereocenters. The van der Waals surface area contributed by atoms with Gasteiger partial charge in [-0.05, 0) is 24.3 Å². The lowest BCUT2D eigenvalue weighted by atomic mass is 9.86. The molecular formula is C11H14FNO2. The molecule has 0 aromatic heterocycles. The first-order valence-corrected chi connectivity index (χ1v) is 4.91. The minimum atomic E-state index is -0.268. The van der Waals surface area contributed by atoms with Gasteiger partial charge in [0, 0.05) is 19.6 Å². The second-order valence-electron chi connectivity index (χ2n) is 3.71. The largest absolute Gasteiger partial charge is 0.488 e. The standard InChI is InChI=1S/C11H14FNO2/c1-14-11-9(13)6-10(11)15-8-4-2-7(12)3-5-8/h2-5,9-11H,6,13H2,1H3. The molecule has 1 aromatic carbocycles. The van der Waals surface area contributed by atoms with Gasteiger partial charge < -0.3 is 15.2 Å². The van der Waals surface area contributed by atoms with Crippen LogP contribution in [0.15, 0.2) is 24.3 Å². The third kappa shape index (κ3) is 2.11. The van der Waals surface area contributed by atoms with Crippen molar-refractivity contribution < 1.29 is 13.9 Å². The number of nitrogens with two attached hydrogens (primary N) is 1. The fourth-order valence-corrected chi connectivity index (χ4v) is 1.75. The highest BCUT2D eigenvalue weighted by Crippen LogP contribution is 2.27. The van der Waals surface area contributed by atoms with Gasteiger partial charge in [-0.25, -0.2) is 4.39 Å². The summed E-state index contributed by atoms with van der Waals surface area (Å²) >= 11 is 0. The van der Waals surface area contributed by atoms with E-state index in [0.29, 0.717) is 5.75 Å². The van der Waals surface area contributed by atoms with E-state index in [2.05, 4.69) is 0 Å². The van der Waals surface area contributed by atoms with E-state index in [1.165, 1.54) is 12.1 Å². The summed E-state index contributed by atoms with van der Waals surface area (Å²) in [4.78, 5) is 0. The van der Waals surface area contributed by atoms with Gasteiger partial charge in [0.15, 0.2) is 0 Å². The average molecular weight is 211 g/mol. The topological polar surface area (TPSA) is 44.5 Å². The molecular weight excluding hydrogens is 197 g/mol. The molecule has 2 rings (SSSR count). The Kier molecular flexibility index (Phi) is 2.88.